The summed E-state index contributed by atoms with van der Waals surface area (Å²) in [7, 11) is 1.54. The fourth-order valence-corrected chi connectivity index (χ4v) is 1.70. The molecule has 0 saturated carbocycles. The Morgan fingerprint density at radius 2 is 2.37 bits per heavy atom. The van der Waals surface area contributed by atoms with Crippen molar-refractivity contribution in [2.45, 2.75) is 0 Å². The van der Waals surface area contributed by atoms with Crippen molar-refractivity contribution in [3.8, 4) is 0 Å². The monoisotopic (exact) mass is 288 g/mol. The number of pyridine rings is 1. The summed E-state index contributed by atoms with van der Waals surface area (Å²) in [5.41, 5.74) is 2.65. The van der Waals surface area contributed by atoms with E-state index in [2.05, 4.69) is 10.4 Å². The minimum absolute atomic E-state index is 0.126. The van der Waals surface area contributed by atoms with Crippen molar-refractivity contribution in [3.05, 3.63) is 22.8 Å². The Balaban J connectivity index is 2.86. The molecule has 0 unspecified atom stereocenters. The van der Waals surface area contributed by atoms with Crippen LogP contribution in [-0.4, -0.2) is 54.3 Å². The molecule has 1 rings (SSSR count). The smallest absolute Gasteiger partial charge is 0.255 e. The number of hydrogen-bond acceptors (Lipinski definition) is 6. The van der Waals surface area contributed by atoms with Gasteiger partial charge in [0.05, 0.1) is 23.8 Å². The highest BCUT2D eigenvalue weighted by atomic mass is 35.5. The van der Waals surface area contributed by atoms with Gasteiger partial charge in [-0.05, 0) is 6.07 Å². The molecule has 0 saturated heterocycles. The van der Waals surface area contributed by atoms with E-state index in [0.717, 1.165) is 0 Å². The maximum atomic E-state index is 12.2. The molecule has 0 fully saturated rings. The van der Waals surface area contributed by atoms with E-state index < -0.39 is 0 Å². The van der Waals surface area contributed by atoms with Crippen LogP contribution in [0, 0.1) is 0 Å². The highest BCUT2D eigenvalue weighted by molar-refractivity contribution is 6.33. The number of nitrogen functional groups attached to an aromatic ring is 1. The van der Waals surface area contributed by atoms with Crippen molar-refractivity contribution in [2.75, 3.05) is 38.8 Å². The van der Waals surface area contributed by atoms with E-state index in [4.69, 9.17) is 27.3 Å². The van der Waals surface area contributed by atoms with Gasteiger partial charge in [-0.2, -0.15) is 0 Å². The molecule has 0 aliphatic carbocycles. The second-order valence-electron chi connectivity index (χ2n) is 3.71. The minimum atomic E-state index is -0.274. The topological polar surface area (TPSA) is 101 Å². The Hall–Kier alpha value is -1.41. The summed E-state index contributed by atoms with van der Waals surface area (Å²) >= 11 is 5.91. The van der Waals surface area contributed by atoms with E-state index in [1.54, 1.807) is 7.11 Å². The van der Waals surface area contributed by atoms with Crippen LogP contribution >= 0.6 is 11.6 Å². The summed E-state index contributed by atoms with van der Waals surface area (Å²) < 4.78 is 4.92. The number of aliphatic hydroxyl groups is 1. The Morgan fingerprint density at radius 3 is 2.89 bits per heavy atom. The number of aliphatic hydroxyl groups excluding tert-OH is 1. The molecule has 7 nitrogen and oxygen atoms in total. The number of ether oxygens (including phenoxy) is 1. The molecule has 0 aliphatic rings. The van der Waals surface area contributed by atoms with Crippen LogP contribution in [-0.2, 0) is 4.74 Å². The summed E-state index contributed by atoms with van der Waals surface area (Å²) in [5.74, 6) is 5.23. The third-order valence-electron chi connectivity index (χ3n) is 2.45. The lowest BCUT2D eigenvalue weighted by atomic mass is 10.2. The lowest BCUT2D eigenvalue weighted by Crippen LogP contribution is -2.36. The molecule has 19 heavy (non-hydrogen) atoms. The molecule has 0 atom stereocenters. The number of rotatable bonds is 7. The molecule has 1 aromatic heterocycles. The van der Waals surface area contributed by atoms with Crippen molar-refractivity contribution >= 4 is 23.3 Å². The molecule has 1 heterocycles. The van der Waals surface area contributed by atoms with E-state index in [-0.39, 0.29) is 24.1 Å². The van der Waals surface area contributed by atoms with E-state index in [1.165, 1.54) is 17.2 Å². The largest absolute Gasteiger partial charge is 0.395 e. The second-order valence-corrected chi connectivity index (χ2v) is 4.11. The Morgan fingerprint density at radius 1 is 1.63 bits per heavy atom. The average Bonchev–Trinajstić information content (AvgIpc) is 2.42. The summed E-state index contributed by atoms with van der Waals surface area (Å²) in [4.78, 5) is 17.6. The molecular weight excluding hydrogens is 272 g/mol. The number of carbonyl (C=O) groups excluding carboxylic acids is 1. The standard InChI is InChI=1S/C11H17ClN4O3/c1-19-5-3-16(2-4-17)11(18)8-6-9(12)10(15-13)14-7-8/h6-7,17H,2-5,13H2,1H3,(H,14,15). The van der Waals surface area contributed by atoms with Crippen LogP contribution in [0.3, 0.4) is 0 Å². The first-order valence-electron chi connectivity index (χ1n) is 5.65. The zero-order valence-corrected chi connectivity index (χ0v) is 11.4. The molecule has 8 heteroatoms. The summed E-state index contributed by atoms with van der Waals surface area (Å²) in [5, 5.41) is 9.22. The third kappa shape index (κ3) is 4.32. The Bertz CT molecular complexity index is 430. The van der Waals surface area contributed by atoms with Crippen LogP contribution in [0.15, 0.2) is 12.3 Å². The molecule has 106 valence electrons. The van der Waals surface area contributed by atoms with Crippen LogP contribution in [0.5, 0.6) is 0 Å². The van der Waals surface area contributed by atoms with Crippen LogP contribution in [0.2, 0.25) is 5.02 Å². The first-order chi connectivity index (χ1) is 9.13. The van der Waals surface area contributed by atoms with Crippen molar-refractivity contribution < 1.29 is 14.6 Å². The highest BCUT2D eigenvalue weighted by Crippen LogP contribution is 2.19. The lowest BCUT2D eigenvalue weighted by Gasteiger charge is -2.21. The van der Waals surface area contributed by atoms with Crippen molar-refractivity contribution in [3.63, 3.8) is 0 Å². The number of amides is 1. The normalized spacial score (nSPS) is 10.3. The van der Waals surface area contributed by atoms with Crippen LogP contribution in [0.25, 0.3) is 0 Å². The van der Waals surface area contributed by atoms with E-state index in [1.807, 2.05) is 0 Å². The predicted molar refractivity (Wildman–Crippen MR) is 71.9 cm³/mol. The number of hydrogen-bond donors (Lipinski definition) is 3. The third-order valence-corrected chi connectivity index (χ3v) is 2.74. The molecule has 4 N–H and O–H groups in total. The fraction of sp³-hybridized carbons (Fsp3) is 0.455. The molecule has 0 aromatic carbocycles. The maximum absolute atomic E-state index is 12.2. The number of halogens is 1. The number of nitrogens with one attached hydrogen (secondary N) is 1. The molecule has 0 spiro atoms. The van der Waals surface area contributed by atoms with Gasteiger partial charge in [0.25, 0.3) is 5.91 Å². The predicted octanol–water partition coefficient (Wildman–Crippen LogP) is 0.101. The second kappa shape index (κ2) is 7.90. The molecule has 1 aromatic rings. The van der Waals surface area contributed by atoms with Gasteiger partial charge in [0.2, 0.25) is 0 Å². The first kappa shape index (κ1) is 15.6. The zero-order chi connectivity index (χ0) is 14.3. The quantitative estimate of drug-likeness (QED) is 0.486. The molecule has 0 bridgehead atoms. The van der Waals surface area contributed by atoms with Crippen molar-refractivity contribution in [1.29, 1.82) is 0 Å². The molecule has 1 amide bonds. The van der Waals surface area contributed by atoms with Gasteiger partial charge in [-0.3, -0.25) is 4.79 Å². The number of anilines is 1. The van der Waals surface area contributed by atoms with E-state index >= 15 is 0 Å². The van der Waals surface area contributed by atoms with Gasteiger partial charge in [-0.1, -0.05) is 11.6 Å². The van der Waals surface area contributed by atoms with Gasteiger partial charge in [-0.25, -0.2) is 10.8 Å². The number of hydrazine groups is 1. The van der Waals surface area contributed by atoms with Crippen molar-refractivity contribution in [2.24, 2.45) is 5.84 Å². The van der Waals surface area contributed by atoms with Crippen LogP contribution in [0.4, 0.5) is 5.82 Å². The summed E-state index contributed by atoms with van der Waals surface area (Å²) in [6.45, 7) is 0.857. The van der Waals surface area contributed by atoms with Gasteiger partial charge in [-0.15, -0.1) is 0 Å². The van der Waals surface area contributed by atoms with Gasteiger partial charge < -0.3 is 20.2 Å². The maximum Gasteiger partial charge on any atom is 0.255 e. The lowest BCUT2D eigenvalue weighted by molar-refractivity contribution is 0.0656. The van der Waals surface area contributed by atoms with Crippen molar-refractivity contribution in [1.82, 2.24) is 9.88 Å². The SMILES string of the molecule is COCCN(CCO)C(=O)c1cnc(NN)c(Cl)c1. The Labute approximate surface area is 116 Å². The van der Waals surface area contributed by atoms with Gasteiger partial charge in [0.1, 0.15) is 0 Å². The fourth-order valence-electron chi connectivity index (χ4n) is 1.48. The van der Waals surface area contributed by atoms with Crippen LogP contribution in [0.1, 0.15) is 10.4 Å². The number of nitrogens with two attached hydrogens (primary N) is 1. The first-order valence-corrected chi connectivity index (χ1v) is 6.03. The zero-order valence-electron chi connectivity index (χ0n) is 10.6. The number of nitrogens with zero attached hydrogens (tertiary/aromatic N) is 2. The minimum Gasteiger partial charge on any atom is -0.395 e. The molecule has 0 radical (unpaired) electrons. The van der Waals surface area contributed by atoms with Gasteiger partial charge >= 0.3 is 0 Å². The summed E-state index contributed by atoms with van der Waals surface area (Å²) in [6.07, 6.45) is 1.38. The Kier molecular flexibility index (Phi) is 6.51. The van der Waals surface area contributed by atoms with Gasteiger partial charge in [0, 0.05) is 26.4 Å². The number of aromatic nitrogens is 1. The van der Waals surface area contributed by atoms with E-state index in [0.29, 0.717) is 24.5 Å². The van der Waals surface area contributed by atoms with Gasteiger partial charge in [0.15, 0.2) is 5.82 Å². The average molecular weight is 289 g/mol. The highest BCUT2D eigenvalue weighted by Gasteiger charge is 2.16. The molecule has 0 aliphatic heterocycles. The van der Waals surface area contributed by atoms with Crippen LogP contribution < -0.4 is 11.3 Å². The molecular formula is C11H17ClN4O3. The number of methoxy groups -OCH3 is 1. The number of carbonyl (C=O) groups is 1. The summed E-state index contributed by atoms with van der Waals surface area (Å²) in [6, 6.07) is 1.48. The van der Waals surface area contributed by atoms with E-state index in [9.17, 15) is 4.79 Å².